The zero-order valence-electron chi connectivity index (χ0n) is 10.3. The van der Waals surface area contributed by atoms with Crippen molar-refractivity contribution in [3.63, 3.8) is 0 Å². The number of benzene rings is 1. The number of nitrogens with zero attached hydrogens (tertiary/aromatic N) is 1. The van der Waals surface area contributed by atoms with Gasteiger partial charge < -0.3 is 10.2 Å². The first-order chi connectivity index (χ1) is 8.68. The Labute approximate surface area is 106 Å². The van der Waals surface area contributed by atoms with Gasteiger partial charge in [-0.1, -0.05) is 37.3 Å². The quantitative estimate of drug-likeness (QED) is 0.846. The van der Waals surface area contributed by atoms with Gasteiger partial charge in [0, 0.05) is 6.04 Å². The summed E-state index contributed by atoms with van der Waals surface area (Å²) in [5.74, 6) is 0.462. The molecule has 0 aromatic heterocycles. The summed E-state index contributed by atoms with van der Waals surface area (Å²) >= 11 is 0. The molecule has 3 rings (SSSR count). The fourth-order valence-corrected chi connectivity index (χ4v) is 2.63. The molecule has 0 spiro atoms. The molecular weight excluding hydrogens is 228 g/mol. The minimum absolute atomic E-state index is 0.0257. The van der Waals surface area contributed by atoms with Gasteiger partial charge in [-0.15, -0.1) is 0 Å². The maximum absolute atomic E-state index is 12.1. The van der Waals surface area contributed by atoms with Crippen molar-refractivity contribution in [2.45, 2.75) is 25.4 Å². The van der Waals surface area contributed by atoms with Crippen molar-refractivity contribution >= 4 is 11.8 Å². The van der Waals surface area contributed by atoms with Crippen LogP contribution in [0.25, 0.3) is 0 Å². The van der Waals surface area contributed by atoms with E-state index in [9.17, 15) is 9.59 Å². The van der Waals surface area contributed by atoms with Crippen molar-refractivity contribution in [3.05, 3.63) is 35.9 Å². The molecule has 1 saturated carbocycles. The molecule has 2 amide bonds. The second-order valence-electron chi connectivity index (χ2n) is 5.11. The largest absolute Gasteiger partial charge is 0.345 e. The molecule has 0 radical (unpaired) electrons. The van der Waals surface area contributed by atoms with E-state index < -0.39 is 6.04 Å². The summed E-state index contributed by atoms with van der Waals surface area (Å²) in [6.45, 7) is 2.25. The smallest absolute Gasteiger partial charge is 0.247 e. The SMILES string of the molecule is CC1CC1N1C(=O)CNC(=O)C1c1ccccc1. The van der Waals surface area contributed by atoms with Crippen LogP contribution in [-0.2, 0) is 9.59 Å². The topological polar surface area (TPSA) is 49.4 Å². The first-order valence-corrected chi connectivity index (χ1v) is 6.32. The fourth-order valence-electron chi connectivity index (χ4n) is 2.63. The number of amides is 2. The van der Waals surface area contributed by atoms with Crippen molar-refractivity contribution in [2.24, 2.45) is 5.92 Å². The Morgan fingerprint density at radius 3 is 2.50 bits per heavy atom. The molecule has 2 fully saturated rings. The highest BCUT2D eigenvalue weighted by Gasteiger charge is 2.47. The lowest BCUT2D eigenvalue weighted by Gasteiger charge is -2.35. The van der Waals surface area contributed by atoms with Crippen LogP contribution in [0.3, 0.4) is 0 Å². The molecule has 1 saturated heterocycles. The highest BCUT2D eigenvalue weighted by atomic mass is 16.2. The van der Waals surface area contributed by atoms with Gasteiger partial charge in [-0.25, -0.2) is 0 Å². The van der Waals surface area contributed by atoms with Gasteiger partial charge in [0.1, 0.15) is 6.04 Å². The van der Waals surface area contributed by atoms with Gasteiger partial charge in [0.2, 0.25) is 11.8 Å². The van der Waals surface area contributed by atoms with Crippen LogP contribution in [0.1, 0.15) is 24.9 Å². The van der Waals surface area contributed by atoms with Crippen LogP contribution in [0, 0.1) is 5.92 Å². The molecule has 1 heterocycles. The van der Waals surface area contributed by atoms with E-state index >= 15 is 0 Å². The van der Waals surface area contributed by atoms with E-state index in [0.717, 1.165) is 12.0 Å². The van der Waals surface area contributed by atoms with E-state index in [1.807, 2.05) is 30.3 Å². The number of hydrogen-bond acceptors (Lipinski definition) is 2. The summed E-state index contributed by atoms with van der Waals surface area (Å²) in [6, 6.07) is 9.30. The third kappa shape index (κ3) is 1.78. The predicted molar refractivity (Wildman–Crippen MR) is 66.6 cm³/mol. The van der Waals surface area contributed by atoms with E-state index in [-0.39, 0.29) is 24.4 Å². The van der Waals surface area contributed by atoms with Crippen molar-refractivity contribution in [1.82, 2.24) is 10.2 Å². The Balaban J connectivity index is 1.96. The average molecular weight is 244 g/mol. The predicted octanol–water partition coefficient (Wildman–Crippen LogP) is 1.09. The van der Waals surface area contributed by atoms with Gasteiger partial charge >= 0.3 is 0 Å². The molecule has 1 N–H and O–H groups in total. The van der Waals surface area contributed by atoms with Crippen LogP contribution in [0.5, 0.6) is 0 Å². The summed E-state index contributed by atoms with van der Waals surface area (Å²) in [7, 11) is 0. The molecule has 1 aliphatic carbocycles. The third-order valence-electron chi connectivity index (χ3n) is 3.77. The van der Waals surface area contributed by atoms with Gasteiger partial charge in [0.15, 0.2) is 0 Å². The van der Waals surface area contributed by atoms with Crippen LogP contribution >= 0.6 is 0 Å². The van der Waals surface area contributed by atoms with E-state index in [1.54, 1.807) is 4.90 Å². The monoisotopic (exact) mass is 244 g/mol. The van der Waals surface area contributed by atoms with Gasteiger partial charge in [0.05, 0.1) is 6.54 Å². The number of rotatable bonds is 2. The zero-order chi connectivity index (χ0) is 12.7. The summed E-state index contributed by atoms with van der Waals surface area (Å²) in [6.07, 6.45) is 1.00. The molecule has 2 aliphatic rings. The van der Waals surface area contributed by atoms with Crippen LogP contribution in [0.2, 0.25) is 0 Å². The molecule has 0 bridgehead atoms. The molecule has 3 unspecified atom stereocenters. The molecule has 18 heavy (non-hydrogen) atoms. The molecule has 1 aromatic rings. The first-order valence-electron chi connectivity index (χ1n) is 6.32. The summed E-state index contributed by atoms with van der Waals surface area (Å²) in [4.78, 5) is 25.9. The lowest BCUT2D eigenvalue weighted by molar-refractivity contribution is -0.146. The van der Waals surface area contributed by atoms with Crippen molar-refractivity contribution in [1.29, 1.82) is 0 Å². The first kappa shape index (κ1) is 11.3. The summed E-state index contributed by atoms with van der Waals surface area (Å²) < 4.78 is 0. The van der Waals surface area contributed by atoms with E-state index in [1.165, 1.54) is 0 Å². The summed E-state index contributed by atoms with van der Waals surface area (Å²) in [5, 5.41) is 2.68. The number of carbonyl (C=O) groups excluding carboxylic acids is 2. The number of nitrogens with one attached hydrogen (secondary N) is 1. The number of carbonyl (C=O) groups is 2. The molecule has 1 aliphatic heterocycles. The van der Waals surface area contributed by atoms with Crippen LogP contribution in [0.4, 0.5) is 0 Å². The molecule has 4 nitrogen and oxygen atoms in total. The Morgan fingerprint density at radius 2 is 1.89 bits per heavy atom. The minimum atomic E-state index is -0.456. The molecule has 1 aromatic carbocycles. The van der Waals surface area contributed by atoms with Gasteiger partial charge in [-0.3, -0.25) is 9.59 Å². The summed E-state index contributed by atoms with van der Waals surface area (Å²) in [5.41, 5.74) is 0.891. The minimum Gasteiger partial charge on any atom is -0.345 e. The molecule has 94 valence electrons. The molecule has 4 heteroatoms. The number of piperazine rings is 1. The van der Waals surface area contributed by atoms with Crippen molar-refractivity contribution in [2.75, 3.05) is 6.54 Å². The van der Waals surface area contributed by atoms with Gasteiger partial charge in [0.25, 0.3) is 0 Å². The van der Waals surface area contributed by atoms with Crippen LogP contribution in [0.15, 0.2) is 30.3 Å². The zero-order valence-corrected chi connectivity index (χ0v) is 10.3. The highest BCUT2D eigenvalue weighted by molar-refractivity contribution is 5.95. The second-order valence-corrected chi connectivity index (χ2v) is 5.11. The van der Waals surface area contributed by atoms with Gasteiger partial charge in [-0.05, 0) is 17.9 Å². The Kier molecular flexibility index (Phi) is 2.58. The normalized spacial score (nSPS) is 31.2. The van der Waals surface area contributed by atoms with Crippen LogP contribution < -0.4 is 5.32 Å². The molecular formula is C14H16N2O2. The van der Waals surface area contributed by atoms with Crippen molar-refractivity contribution in [3.8, 4) is 0 Å². The Hall–Kier alpha value is -1.84. The van der Waals surface area contributed by atoms with E-state index in [4.69, 9.17) is 0 Å². The van der Waals surface area contributed by atoms with Gasteiger partial charge in [-0.2, -0.15) is 0 Å². The van der Waals surface area contributed by atoms with Crippen LogP contribution in [-0.4, -0.2) is 29.3 Å². The lowest BCUT2D eigenvalue weighted by Crippen LogP contribution is -2.54. The number of hydrogen-bond donors (Lipinski definition) is 1. The highest BCUT2D eigenvalue weighted by Crippen LogP contribution is 2.40. The van der Waals surface area contributed by atoms with E-state index in [2.05, 4.69) is 12.2 Å². The fraction of sp³-hybridized carbons (Fsp3) is 0.429. The molecule has 3 atom stereocenters. The van der Waals surface area contributed by atoms with Crippen molar-refractivity contribution < 1.29 is 9.59 Å². The van der Waals surface area contributed by atoms with E-state index in [0.29, 0.717) is 5.92 Å². The maximum atomic E-state index is 12.1. The second kappa shape index (κ2) is 4.12. The third-order valence-corrected chi connectivity index (χ3v) is 3.77. The Bertz CT molecular complexity index is 486. The maximum Gasteiger partial charge on any atom is 0.247 e. The lowest BCUT2D eigenvalue weighted by atomic mass is 10.0. The Morgan fingerprint density at radius 1 is 1.22 bits per heavy atom. The standard InChI is InChI=1S/C14H16N2O2/c1-9-7-11(9)16-12(17)8-15-14(18)13(16)10-5-3-2-4-6-10/h2-6,9,11,13H,7-8H2,1H3,(H,15,18). The average Bonchev–Trinajstić information content (AvgIpc) is 3.09.